The van der Waals surface area contributed by atoms with E-state index in [9.17, 15) is 13.6 Å². The van der Waals surface area contributed by atoms with Crippen LogP contribution in [0.4, 0.5) is 8.78 Å². The molecule has 146 valence electrons. The van der Waals surface area contributed by atoms with Crippen LogP contribution in [0.5, 0.6) is 0 Å². The molecular formula is C19H23F2IN4O. The molecule has 2 aromatic carbocycles. The maximum absolute atomic E-state index is 12.9. The van der Waals surface area contributed by atoms with E-state index in [1.54, 1.807) is 31.3 Å². The lowest BCUT2D eigenvalue weighted by atomic mass is 10.1. The summed E-state index contributed by atoms with van der Waals surface area (Å²) in [6.45, 7) is 1.44. The van der Waals surface area contributed by atoms with E-state index < -0.39 is 0 Å². The molecule has 0 spiro atoms. The number of carbonyl (C=O) groups is 1. The smallest absolute Gasteiger partial charge is 0.224 e. The van der Waals surface area contributed by atoms with Crippen molar-refractivity contribution in [2.45, 2.75) is 13.0 Å². The molecule has 2 aromatic rings. The van der Waals surface area contributed by atoms with Crippen LogP contribution in [-0.4, -0.2) is 32.0 Å². The molecule has 8 heteroatoms. The lowest BCUT2D eigenvalue weighted by Gasteiger charge is -2.12. The highest BCUT2D eigenvalue weighted by Crippen LogP contribution is 2.03. The van der Waals surface area contributed by atoms with Crippen LogP contribution in [0.25, 0.3) is 0 Å². The van der Waals surface area contributed by atoms with Gasteiger partial charge in [-0.1, -0.05) is 24.3 Å². The third-order valence-corrected chi connectivity index (χ3v) is 3.61. The summed E-state index contributed by atoms with van der Waals surface area (Å²) in [5.74, 6) is -0.139. The third kappa shape index (κ3) is 8.80. The van der Waals surface area contributed by atoms with E-state index >= 15 is 0 Å². The summed E-state index contributed by atoms with van der Waals surface area (Å²) < 4.78 is 25.7. The molecule has 0 heterocycles. The summed E-state index contributed by atoms with van der Waals surface area (Å²) in [7, 11) is 1.65. The minimum atomic E-state index is -0.321. The maximum Gasteiger partial charge on any atom is 0.224 e. The Bertz CT molecular complexity index is 736. The molecule has 0 unspecified atom stereocenters. The molecule has 0 aromatic heterocycles. The fraction of sp³-hybridized carbons (Fsp3) is 0.263. The number of benzene rings is 2. The Morgan fingerprint density at radius 1 is 0.852 bits per heavy atom. The van der Waals surface area contributed by atoms with Gasteiger partial charge in [0.2, 0.25) is 5.91 Å². The minimum Gasteiger partial charge on any atom is -0.355 e. The first kappa shape index (κ1) is 22.8. The monoisotopic (exact) mass is 488 g/mol. The van der Waals surface area contributed by atoms with Gasteiger partial charge in [0.15, 0.2) is 5.96 Å². The number of hydrogen-bond donors (Lipinski definition) is 3. The van der Waals surface area contributed by atoms with Gasteiger partial charge in [0.05, 0.1) is 6.42 Å². The average Bonchev–Trinajstić information content (AvgIpc) is 2.64. The summed E-state index contributed by atoms with van der Waals surface area (Å²) in [4.78, 5) is 15.9. The molecule has 0 fully saturated rings. The number of nitrogens with zero attached hydrogens (tertiary/aromatic N) is 1. The summed E-state index contributed by atoms with van der Waals surface area (Å²) in [5, 5.41) is 8.97. The number of carbonyl (C=O) groups excluding carboxylic acids is 1. The molecule has 0 aliphatic heterocycles. The first-order valence-corrected chi connectivity index (χ1v) is 8.27. The van der Waals surface area contributed by atoms with Crippen molar-refractivity contribution in [2.24, 2.45) is 4.99 Å². The highest BCUT2D eigenvalue weighted by molar-refractivity contribution is 14.0. The van der Waals surface area contributed by atoms with Gasteiger partial charge in [-0.3, -0.25) is 9.79 Å². The molecule has 2 rings (SSSR count). The normalized spacial score (nSPS) is 10.7. The molecule has 0 bridgehead atoms. The molecule has 5 nitrogen and oxygen atoms in total. The van der Waals surface area contributed by atoms with Crippen LogP contribution >= 0.6 is 24.0 Å². The Morgan fingerprint density at radius 3 is 1.93 bits per heavy atom. The molecular weight excluding hydrogens is 465 g/mol. The maximum atomic E-state index is 12.9. The van der Waals surface area contributed by atoms with Gasteiger partial charge in [0, 0.05) is 26.7 Å². The molecule has 27 heavy (non-hydrogen) atoms. The van der Waals surface area contributed by atoms with E-state index in [1.807, 2.05) is 0 Å². The van der Waals surface area contributed by atoms with Crippen LogP contribution in [0.3, 0.4) is 0 Å². The Hall–Kier alpha value is -2.23. The highest BCUT2D eigenvalue weighted by atomic mass is 127. The summed E-state index contributed by atoms with van der Waals surface area (Å²) in [6.07, 6.45) is 0.206. The second-order valence-electron chi connectivity index (χ2n) is 5.63. The van der Waals surface area contributed by atoms with Gasteiger partial charge in [0.1, 0.15) is 11.6 Å². The zero-order valence-electron chi connectivity index (χ0n) is 15.0. The molecule has 0 aliphatic carbocycles. The topological polar surface area (TPSA) is 65.5 Å². The largest absolute Gasteiger partial charge is 0.355 e. The molecule has 1 amide bonds. The Morgan fingerprint density at radius 2 is 1.37 bits per heavy atom. The number of guanidine groups is 1. The average molecular weight is 488 g/mol. The number of hydrogen-bond acceptors (Lipinski definition) is 2. The van der Waals surface area contributed by atoms with Gasteiger partial charge >= 0.3 is 0 Å². The summed E-state index contributed by atoms with van der Waals surface area (Å²) in [6, 6.07) is 12.1. The van der Waals surface area contributed by atoms with Crippen molar-refractivity contribution in [1.82, 2.24) is 16.0 Å². The Balaban J connectivity index is 0.00000364. The number of nitrogens with one attached hydrogen (secondary N) is 3. The second-order valence-corrected chi connectivity index (χ2v) is 5.63. The van der Waals surface area contributed by atoms with E-state index in [-0.39, 0.29) is 47.9 Å². The molecule has 0 atom stereocenters. The zero-order chi connectivity index (χ0) is 18.8. The Labute approximate surface area is 174 Å². The van der Waals surface area contributed by atoms with Crippen molar-refractivity contribution in [2.75, 3.05) is 20.1 Å². The van der Waals surface area contributed by atoms with Crippen molar-refractivity contribution in [3.63, 3.8) is 0 Å². The van der Waals surface area contributed by atoms with Gasteiger partial charge < -0.3 is 16.0 Å². The van der Waals surface area contributed by atoms with Gasteiger partial charge in [0.25, 0.3) is 0 Å². The molecule has 3 N–H and O–H groups in total. The van der Waals surface area contributed by atoms with Crippen molar-refractivity contribution in [1.29, 1.82) is 0 Å². The van der Waals surface area contributed by atoms with E-state index in [2.05, 4.69) is 20.9 Å². The summed E-state index contributed by atoms with van der Waals surface area (Å²) in [5.41, 5.74) is 1.69. The predicted octanol–water partition coefficient (Wildman–Crippen LogP) is 2.61. The first-order valence-electron chi connectivity index (χ1n) is 8.27. The molecule has 0 aliphatic rings. The van der Waals surface area contributed by atoms with Gasteiger partial charge in [-0.05, 0) is 35.4 Å². The van der Waals surface area contributed by atoms with Crippen LogP contribution in [0.1, 0.15) is 11.1 Å². The van der Waals surface area contributed by atoms with Crippen molar-refractivity contribution < 1.29 is 13.6 Å². The van der Waals surface area contributed by atoms with Gasteiger partial charge in [-0.15, -0.1) is 24.0 Å². The standard InChI is InChI=1S/C19H22F2N4O.HI/c1-22-19(25-13-15-4-8-17(21)9-5-15)24-11-10-23-18(26)12-14-2-6-16(20)7-3-14;/h2-9H,10-13H2,1H3,(H,23,26)(H2,22,24,25);1H. The van der Waals surface area contributed by atoms with Crippen LogP contribution in [0, 0.1) is 11.6 Å². The summed E-state index contributed by atoms with van der Waals surface area (Å²) >= 11 is 0. The van der Waals surface area contributed by atoms with Crippen molar-refractivity contribution >= 4 is 35.8 Å². The number of halogens is 3. The fourth-order valence-corrected chi connectivity index (χ4v) is 2.24. The molecule has 0 saturated carbocycles. The second kappa shape index (κ2) is 12.2. The number of aliphatic imine (C=N–C) groups is 1. The van der Waals surface area contributed by atoms with Crippen LogP contribution in [0.2, 0.25) is 0 Å². The molecule has 0 radical (unpaired) electrons. The van der Waals surface area contributed by atoms with Crippen LogP contribution in [-0.2, 0) is 17.8 Å². The highest BCUT2D eigenvalue weighted by Gasteiger charge is 2.04. The van der Waals surface area contributed by atoms with Gasteiger partial charge in [-0.2, -0.15) is 0 Å². The SMILES string of the molecule is CN=C(NCCNC(=O)Cc1ccc(F)cc1)NCc1ccc(F)cc1.I. The van der Waals surface area contributed by atoms with Crippen LogP contribution < -0.4 is 16.0 Å². The van der Waals surface area contributed by atoms with E-state index in [1.165, 1.54) is 24.3 Å². The quantitative estimate of drug-likeness (QED) is 0.243. The molecule has 0 saturated heterocycles. The fourth-order valence-electron chi connectivity index (χ4n) is 2.24. The van der Waals surface area contributed by atoms with Crippen molar-refractivity contribution in [3.05, 3.63) is 71.3 Å². The number of amides is 1. The Kier molecular flexibility index (Phi) is 10.3. The van der Waals surface area contributed by atoms with Gasteiger partial charge in [-0.25, -0.2) is 8.78 Å². The lowest BCUT2D eigenvalue weighted by Crippen LogP contribution is -2.41. The first-order chi connectivity index (χ1) is 12.6. The lowest BCUT2D eigenvalue weighted by molar-refractivity contribution is -0.120. The third-order valence-electron chi connectivity index (χ3n) is 3.61. The van der Waals surface area contributed by atoms with E-state index in [4.69, 9.17) is 0 Å². The van der Waals surface area contributed by atoms with E-state index in [0.29, 0.717) is 25.6 Å². The zero-order valence-corrected chi connectivity index (χ0v) is 17.3. The van der Waals surface area contributed by atoms with E-state index in [0.717, 1.165) is 11.1 Å². The number of rotatable bonds is 7. The predicted molar refractivity (Wildman–Crippen MR) is 113 cm³/mol. The van der Waals surface area contributed by atoms with Crippen LogP contribution in [0.15, 0.2) is 53.5 Å². The minimum absolute atomic E-state index is 0. The van der Waals surface area contributed by atoms with Crippen molar-refractivity contribution in [3.8, 4) is 0 Å².